The molecule has 0 radical (unpaired) electrons. The first-order valence-corrected chi connectivity index (χ1v) is 6.29. The maximum atomic E-state index is 9.18. The Bertz CT molecular complexity index is 401. The van der Waals surface area contributed by atoms with Crippen LogP contribution < -0.4 is 10.7 Å². The fourth-order valence-electron chi connectivity index (χ4n) is 2.24. The molecule has 2 aliphatic rings. The average molecular weight is 251 g/mol. The molecule has 2 atom stereocenters. The Morgan fingerprint density at radius 3 is 2.78 bits per heavy atom. The molecule has 2 aliphatic heterocycles. The number of aliphatic hydroxyl groups excluding tert-OH is 1. The molecule has 0 amide bonds. The second-order valence-electron chi connectivity index (χ2n) is 4.48. The van der Waals surface area contributed by atoms with Crippen LogP contribution in [0.15, 0.2) is 35.4 Å². The maximum Gasteiger partial charge on any atom is 0.187 e. The van der Waals surface area contributed by atoms with Crippen LogP contribution in [0.1, 0.15) is 13.8 Å². The third kappa shape index (κ3) is 2.52. The van der Waals surface area contributed by atoms with Crippen molar-refractivity contribution in [2.45, 2.75) is 25.9 Å². The maximum absolute atomic E-state index is 9.18. The molecule has 0 aliphatic carbocycles. The Kier molecular flexibility index (Phi) is 3.93. The Morgan fingerprint density at radius 1 is 1.44 bits per heavy atom. The highest BCUT2D eigenvalue weighted by Gasteiger charge is 2.26. The summed E-state index contributed by atoms with van der Waals surface area (Å²) < 4.78 is 5.45. The van der Waals surface area contributed by atoms with E-state index in [4.69, 9.17) is 4.74 Å². The van der Waals surface area contributed by atoms with Crippen LogP contribution in [0.5, 0.6) is 0 Å². The van der Waals surface area contributed by atoms with Crippen LogP contribution in [0.25, 0.3) is 0 Å². The molecule has 0 saturated heterocycles. The number of nitrogens with one attached hydrogen (secondary N) is 2. The second-order valence-corrected chi connectivity index (χ2v) is 4.48. The molecule has 0 spiro atoms. The van der Waals surface area contributed by atoms with Crippen LogP contribution in [0, 0.1) is 0 Å². The molecular weight excluding hydrogens is 230 g/mol. The van der Waals surface area contributed by atoms with Crippen LogP contribution in [-0.2, 0) is 4.74 Å². The highest BCUT2D eigenvalue weighted by Crippen LogP contribution is 2.24. The molecule has 2 rings (SSSR count). The summed E-state index contributed by atoms with van der Waals surface area (Å²) in [5, 5.41) is 14.4. The van der Waals surface area contributed by atoms with Gasteiger partial charge in [-0.1, -0.05) is 0 Å². The van der Waals surface area contributed by atoms with Gasteiger partial charge >= 0.3 is 0 Å². The number of hydrazine groups is 1. The van der Waals surface area contributed by atoms with Crippen LogP contribution in [-0.4, -0.2) is 42.5 Å². The Balaban J connectivity index is 2.18. The molecule has 0 aromatic carbocycles. The zero-order valence-electron chi connectivity index (χ0n) is 11.1. The average Bonchev–Trinajstić information content (AvgIpc) is 2.71. The highest BCUT2D eigenvalue weighted by atomic mass is 16.5. The van der Waals surface area contributed by atoms with Gasteiger partial charge in [0.05, 0.1) is 31.0 Å². The molecule has 2 unspecified atom stereocenters. The zero-order valence-corrected chi connectivity index (χ0v) is 11.1. The van der Waals surface area contributed by atoms with Crippen molar-refractivity contribution in [3.8, 4) is 0 Å². The van der Waals surface area contributed by atoms with Gasteiger partial charge in [0.25, 0.3) is 0 Å². The standard InChI is InChI=1S/C13H21N3O2/c1-4-18-13-6-5-11(9(2)14-13)12-7-10(8-17)15-16(12)3/h5-7,9-10,14-15,17H,4,8H2,1-3H3. The first-order chi connectivity index (χ1) is 8.65. The summed E-state index contributed by atoms with van der Waals surface area (Å²) in [4.78, 5) is 0. The van der Waals surface area contributed by atoms with Crippen LogP contribution in [0.4, 0.5) is 0 Å². The van der Waals surface area contributed by atoms with Gasteiger partial charge in [-0.15, -0.1) is 0 Å². The van der Waals surface area contributed by atoms with Crippen molar-refractivity contribution in [3.05, 3.63) is 35.4 Å². The summed E-state index contributed by atoms with van der Waals surface area (Å²) in [6.07, 6.45) is 6.05. The van der Waals surface area contributed by atoms with Crippen molar-refractivity contribution < 1.29 is 9.84 Å². The van der Waals surface area contributed by atoms with Gasteiger partial charge in [-0.05, 0) is 37.6 Å². The molecule has 2 heterocycles. The van der Waals surface area contributed by atoms with E-state index in [1.807, 2.05) is 31.1 Å². The first kappa shape index (κ1) is 13.0. The predicted molar refractivity (Wildman–Crippen MR) is 70.2 cm³/mol. The number of aliphatic hydroxyl groups is 1. The van der Waals surface area contributed by atoms with E-state index in [-0.39, 0.29) is 18.7 Å². The van der Waals surface area contributed by atoms with Gasteiger partial charge in [-0.2, -0.15) is 0 Å². The molecule has 0 fully saturated rings. The molecule has 0 aromatic rings. The van der Waals surface area contributed by atoms with Crippen molar-refractivity contribution in [1.82, 2.24) is 15.8 Å². The molecule has 0 saturated carbocycles. The number of ether oxygens (including phenoxy) is 1. The Hall–Kier alpha value is -1.46. The highest BCUT2D eigenvalue weighted by molar-refractivity contribution is 5.41. The Morgan fingerprint density at radius 2 is 2.22 bits per heavy atom. The van der Waals surface area contributed by atoms with E-state index in [1.165, 1.54) is 5.57 Å². The quantitative estimate of drug-likeness (QED) is 0.678. The van der Waals surface area contributed by atoms with E-state index in [0.29, 0.717) is 6.61 Å². The number of allylic oxidation sites excluding steroid dienone is 2. The van der Waals surface area contributed by atoms with Gasteiger partial charge in [-0.3, -0.25) is 0 Å². The van der Waals surface area contributed by atoms with Gasteiger partial charge < -0.3 is 20.2 Å². The summed E-state index contributed by atoms with van der Waals surface area (Å²) >= 11 is 0. The van der Waals surface area contributed by atoms with Crippen LogP contribution >= 0.6 is 0 Å². The molecular formula is C13H21N3O2. The lowest BCUT2D eigenvalue weighted by Crippen LogP contribution is -2.38. The van der Waals surface area contributed by atoms with Gasteiger partial charge in [0.2, 0.25) is 0 Å². The summed E-state index contributed by atoms with van der Waals surface area (Å²) in [7, 11) is 1.96. The molecule has 3 N–H and O–H groups in total. The third-order valence-corrected chi connectivity index (χ3v) is 3.11. The monoisotopic (exact) mass is 251 g/mol. The van der Waals surface area contributed by atoms with Crippen molar-refractivity contribution in [1.29, 1.82) is 0 Å². The minimum atomic E-state index is -0.00429. The number of likely N-dealkylation sites (N-methyl/N-ethyl adjacent to an activating group) is 1. The summed E-state index contributed by atoms with van der Waals surface area (Å²) in [5.41, 5.74) is 5.46. The minimum Gasteiger partial charge on any atom is -0.479 e. The molecule has 18 heavy (non-hydrogen) atoms. The Labute approximate surface area is 108 Å². The van der Waals surface area contributed by atoms with E-state index in [0.717, 1.165) is 11.6 Å². The molecule has 5 heteroatoms. The number of nitrogens with zero attached hydrogens (tertiary/aromatic N) is 1. The molecule has 0 aromatic heterocycles. The fraction of sp³-hybridized carbons (Fsp3) is 0.538. The largest absolute Gasteiger partial charge is 0.479 e. The predicted octanol–water partition coefficient (Wildman–Crippen LogP) is 0.477. The van der Waals surface area contributed by atoms with E-state index >= 15 is 0 Å². The minimum absolute atomic E-state index is 0.00429. The normalized spacial score (nSPS) is 27.3. The number of hydrogen-bond acceptors (Lipinski definition) is 5. The van der Waals surface area contributed by atoms with Crippen molar-refractivity contribution in [2.75, 3.05) is 20.3 Å². The third-order valence-electron chi connectivity index (χ3n) is 3.11. The number of rotatable bonds is 4. The van der Waals surface area contributed by atoms with Gasteiger partial charge in [0.15, 0.2) is 5.88 Å². The molecule has 100 valence electrons. The summed E-state index contributed by atoms with van der Waals surface area (Å²) in [6, 6.07) is 0.180. The summed E-state index contributed by atoms with van der Waals surface area (Å²) in [5.74, 6) is 0.807. The second kappa shape index (κ2) is 5.46. The van der Waals surface area contributed by atoms with Crippen LogP contribution in [0.2, 0.25) is 0 Å². The van der Waals surface area contributed by atoms with E-state index < -0.39 is 0 Å². The van der Waals surface area contributed by atoms with Gasteiger partial charge in [-0.25, -0.2) is 5.43 Å². The number of dihydropyridines is 1. The van der Waals surface area contributed by atoms with Gasteiger partial charge in [0, 0.05) is 7.05 Å². The van der Waals surface area contributed by atoms with Crippen molar-refractivity contribution >= 4 is 0 Å². The molecule has 5 nitrogen and oxygen atoms in total. The molecule has 0 bridgehead atoms. The van der Waals surface area contributed by atoms with E-state index in [2.05, 4.69) is 23.7 Å². The van der Waals surface area contributed by atoms with Crippen LogP contribution in [0.3, 0.4) is 0 Å². The van der Waals surface area contributed by atoms with Gasteiger partial charge in [0.1, 0.15) is 0 Å². The first-order valence-electron chi connectivity index (χ1n) is 6.29. The lowest BCUT2D eigenvalue weighted by atomic mass is 10.0. The lowest BCUT2D eigenvalue weighted by Gasteiger charge is -2.28. The van der Waals surface area contributed by atoms with E-state index in [9.17, 15) is 5.11 Å². The zero-order chi connectivity index (χ0) is 13.1. The lowest BCUT2D eigenvalue weighted by molar-refractivity contribution is 0.198. The number of hydrogen-bond donors (Lipinski definition) is 3. The fourth-order valence-corrected chi connectivity index (χ4v) is 2.24. The topological polar surface area (TPSA) is 56.8 Å². The SMILES string of the molecule is CCOC1=CC=C(C2=CC(CO)NN2C)C(C)N1. The van der Waals surface area contributed by atoms with Crippen molar-refractivity contribution in [2.24, 2.45) is 0 Å². The summed E-state index contributed by atoms with van der Waals surface area (Å²) in [6.45, 7) is 4.82. The smallest absolute Gasteiger partial charge is 0.187 e. The van der Waals surface area contributed by atoms with E-state index in [1.54, 1.807) is 0 Å². The van der Waals surface area contributed by atoms with Crippen molar-refractivity contribution in [3.63, 3.8) is 0 Å².